The number of carbonyl (C=O) groups excluding carboxylic acids is 1. The second kappa shape index (κ2) is 7.88. The summed E-state index contributed by atoms with van der Waals surface area (Å²) in [5.41, 5.74) is 0. The zero-order valence-electron chi connectivity index (χ0n) is 12.5. The number of amides is 1. The Labute approximate surface area is 125 Å². The van der Waals surface area contributed by atoms with Gasteiger partial charge >= 0.3 is 0 Å². The Bertz CT molecular complexity index is 463. The summed E-state index contributed by atoms with van der Waals surface area (Å²) in [6.45, 7) is 3.96. The second-order valence-electron chi connectivity index (χ2n) is 5.20. The van der Waals surface area contributed by atoms with Gasteiger partial charge in [-0.1, -0.05) is 12.1 Å². The Morgan fingerprint density at radius 1 is 1.33 bits per heavy atom. The van der Waals surface area contributed by atoms with E-state index >= 15 is 0 Å². The van der Waals surface area contributed by atoms with E-state index in [2.05, 4.69) is 0 Å². The number of para-hydroxylation sites is 2. The van der Waals surface area contributed by atoms with Crippen molar-refractivity contribution in [3.05, 3.63) is 24.3 Å². The van der Waals surface area contributed by atoms with Crippen molar-refractivity contribution < 1.29 is 19.4 Å². The molecular weight excluding hydrogens is 270 g/mol. The number of carbonyl (C=O) groups is 1. The van der Waals surface area contributed by atoms with E-state index < -0.39 is 0 Å². The fourth-order valence-electron chi connectivity index (χ4n) is 2.52. The van der Waals surface area contributed by atoms with Crippen LogP contribution in [0.5, 0.6) is 11.5 Å². The molecule has 1 unspecified atom stereocenters. The molecule has 2 rings (SSSR count). The van der Waals surface area contributed by atoms with Crippen LogP contribution in [0.4, 0.5) is 0 Å². The molecule has 0 aromatic heterocycles. The predicted octanol–water partition coefficient (Wildman–Crippen LogP) is 1.69. The Kier molecular flexibility index (Phi) is 5.87. The van der Waals surface area contributed by atoms with E-state index in [1.807, 2.05) is 25.1 Å². The van der Waals surface area contributed by atoms with Crippen LogP contribution in [0, 0.1) is 5.92 Å². The van der Waals surface area contributed by atoms with Gasteiger partial charge in [0.2, 0.25) is 0 Å². The molecule has 1 aromatic carbocycles. The van der Waals surface area contributed by atoms with Crippen LogP contribution < -0.4 is 9.47 Å². The standard InChI is InChI=1S/C16H23NO4/c1-2-20-14-7-3-4-8-15(14)21-12-16(19)17-9-5-6-13(10-17)11-18/h3-4,7-8,13,18H,2,5-6,9-12H2,1H3. The number of rotatable bonds is 6. The molecule has 1 aliphatic heterocycles. The molecule has 1 saturated heterocycles. The minimum Gasteiger partial charge on any atom is -0.490 e. The highest BCUT2D eigenvalue weighted by atomic mass is 16.5. The number of aliphatic hydroxyl groups is 1. The Morgan fingerprint density at radius 2 is 2.05 bits per heavy atom. The molecule has 0 spiro atoms. The number of benzene rings is 1. The maximum atomic E-state index is 12.2. The third-order valence-corrected chi connectivity index (χ3v) is 3.63. The van der Waals surface area contributed by atoms with E-state index in [4.69, 9.17) is 9.47 Å². The fraction of sp³-hybridized carbons (Fsp3) is 0.562. The molecule has 0 aliphatic carbocycles. The summed E-state index contributed by atoms with van der Waals surface area (Å²) in [5, 5.41) is 9.21. The van der Waals surface area contributed by atoms with Gasteiger partial charge in [0, 0.05) is 19.7 Å². The molecular formula is C16H23NO4. The summed E-state index contributed by atoms with van der Waals surface area (Å²) in [6.07, 6.45) is 1.92. The zero-order valence-corrected chi connectivity index (χ0v) is 12.5. The monoisotopic (exact) mass is 293 g/mol. The second-order valence-corrected chi connectivity index (χ2v) is 5.20. The van der Waals surface area contributed by atoms with Crippen molar-refractivity contribution in [2.75, 3.05) is 32.9 Å². The molecule has 0 saturated carbocycles. The van der Waals surface area contributed by atoms with Crippen LogP contribution in [0.3, 0.4) is 0 Å². The van der Waals surface area contributed by atoms with Crippen LogP contribution in [0.15, 0.2) is 24.3 Å². The fourth-order valence-corrected chi connectivity index (χ4v) is 2.52. The van der Waals surface area contributed by atoms with E-state index in [0.29, 0.717) is 24.7 Å². The number of ether oxygens (including phenoxy) is 2. The number of piperidine rings is 1. The van der Waals surface area contributed by atoms with E-state index in [1.165, 1.54) is 0 Å². The number of hydrogen-bond donors (Lipinski definition) is 1. The van der Waals surface area contributed by atoms with Crippen LogP contribution in [0.25, 0.3) is 0 Å². The van der Waals surface area contributed by atoms with E-state index in [0.717, 1.165) is 19.4 Å². The lowest BCUT2D eigenvalue weighted by molar-refractivity contribution is -0.135. The third kappa shape index (κ3) is 4.36. The molecule has 1 aliphatic rings. The van der Waals surface area contributed by atoms with Gasteiger partial charge in [0.15, 0.2) is 18.1 Å². The third-order valence-electron chi connectivity index (χ3n) is 3.63. The largest absolute Gasteiger partial charge is 0.490 e. The highest BCUT2D eigenvalue weighted by Gasteiger charge is 2.23. The maximum absolute atomic E-state index is 12.2. The molecule has 5 heteroatoms. The lowest BCUT2D eigenvalue weighted by Gasteiger charge is -2.31. The van der Waals surface area contributed by atoms with E-state index in [9.17, 15) is 9.90 Å². The highest BCUT2D eigenvalue weighted by Crippen LogP contribution is 2.26. The summed E-state index contributed by atoms with van der Waals surface area (Å²) in [7, 11) is 0. The van der Waals surface area contributed by atoms with Crippen molar-refractivity contribution in [1.29, 1.82) is 0 Å². The molecule has 1 aromatic rings. The van der Waals surface area contributed by atoms with Gasteiger partial charge in [-0.05, 0) is 37.8 Å². The summed E-state index contributed by atoms with van der Waals surface area (Å²) < 4.78 is 11.1. The van der Waals surface area contributed by atoms with Crippen molar-refractivity contribution >= 4 is 5.91 Å². The van der Waals surface area contributed by atoms with Gasteiger partial charge < -0.3 is 19.5 Å². The minimum atomic E-state index is -0.0422. The number of hydrogen-bond acceptors (Lipinski definition) is 4. The van der Waals surface area contributed by atoms with Crippen LogP contribution in [0.1, 0.15) is 19.8 Å². The summed E-state index contributed by atoms with van der Waals surface area (Å²) in [4.78, 5) is 14.0. The molecule has 1 N–H and O–H groups in total. The van der Waals surface area contributed by atoms with Gasteiger partial charge in [-0.2, -0.15) is 0 Å². The molecule has 0 radical (unpaired) electrons. The van der Waals surface area contributed by atoms with Crippen LogP contribution in [-0.4, -0.2) is 48.8 Å². The topological polar surface area (TPSA) is 59.0 Å². The molecule has 0 bridgehead atoms. The molecule has 1 heterocycles. The van der Waals surface area contributed by atoms with Gasteiger partial charge in [0.25, 0.3) is 5.91 Å². The first-order chi connectivity index (χ1) is 10.2. The van der Waals surface area contributed by atoms with E-state index in [1.54, 1.807) is 11.0 Å². The molecule has 1 fully saturated rings. The van der Waals surface area contributed by atoms with Crippen molar-refractivity contribution in [3.63, 3.8) is 0 Å². The van der Waals surface area contributed by atoms with Gasteiger partial charge in [-0.15, -0.1) is 0 Å². The predicted molar refractivity (Wildman–Crippen MR) is 79.5 cm³/mol. The number of likely N-dealkylation sites (tertiary alicyclic amines) is 1. The number of aliphatic hydroxyl groups excluding tert-OH is 1. The minimum absolute atomic E-state index is 0.00222. The summed E-state index contributed by atoms with van der Waals surface area (Å²) >= 11 is 0. The molecule has 1 atom stereocenters. The Hall–Kier alpha value is -1.75. The first-order valence-electron chi connectivity index (χ1n) is 7.47. The Morgan fingerprint density at radius 3 is 2.71 bits per heavy atom. The summed E-state index contributed by atoms with van der Waals surface area (Å²) in [6, 6.07) is 7.35. The van der Waals surface area contributed by atoms with Crippen LogP contribution >= 0.6 is 0 Å². The first-order valence-corrected chi connectivity index (χ1v) is 7.47. The van der Waals surface area contributed by atoms with Crippen molar-refractivity contribution in [1.82, 2.24) is 4.90 Å². The highest BCUT2D eigenvalue weighted by molar-refractivity contribution is 5.78. The van der Waals surface area contributed by atoms with Crippen LogP contribution in [0.2, 0.25) is 0 Å². The molecule has 116 valence electrons. The quantitative estimate of drug-likeness (QED) is 0.867. The van der Waals surface area contributed by atoms with Crippen molar-refractivity contribution in [2.24, 2.45) is 5.92 Å². The zero-order chi connectivity index (χ0) is 15.1. The summed E-state index contributed by atoms with van der Waals surface area (Å²) in [5.74, 6) is 1.39. The lowest BCUT2D eigenvalue weighted by Crippen LogP contribution is -2.43. The lowest BCUT2D eigenvalue weighted by atomic mass is 9.99. The van der Waals surface area contributed by atoms with Gasteiger partial charge in [0.1, 0.15) is 0 Å². The average Bonchev–Trinajstić information content (AvgIpc) is 2.54. The van der Waals surface area contributed by atoms with Gasteiger partial charge in [-0.25, -0.2) is 0 Å². The molecule has 5 nitrogen and oxygen atoms in total. The molecule has 1 amide bonds. The normalized spacial score (nSPS) is 18.4. The Balaban J connectivity index is 1.89. The van der Waals surface area contributed by atoms with Crippen molar-refractivity contribution in [3.8, 4) is 11.5 Å². The average molecular weight is 293 g/mol. The van der Waals surface area contributed by atoms with Gasteiger partial charge in [-0.3, -0.25) is 4.79 Å². The van der Waals surface area contributed by atoms with E-state index in [-0.39, 0.29) is 25.0 Å². The molecule has 21 heavy (non-hydrogen) atoms. The first kappa shape index (κ1) is 15.6. The maximum Gasteiger partial charge on any atom is 0.260 e. The smallest absolute Gasteiger partial charge is 0.260 e. The van der Waals surface area contributed by atoms with Crippen molar-refractivity contribution in [2.45, 2.75) is 19.8 Å². The SMILES string of the molecule is CCOc1ccccc1OCC(=O)N1CCCC(CO)C1. The van der Waals surface area contributed by atoms with Gasteiger partial charge in [0.05, 0.1) is 6.61 Å². The van der Waals surface area contributed by atoms with Crippen LogP contribution in [-0.2, 0) is 4.79 Å². The number of nitrogens with zero attached hydrogens (tertiary/aromatic N) is 1.